The van der Waals surface area contributed by atoms with Crippen molar-refractivity contribution in [2.75, 3.05) is 18.1 Å². The molecule has 9 nitrogen and oxygen atoms in total. The number of aromatic nitrogens is 3. The van der Waals surface area contributed by atoms with E-state index in [0.717, 1.165) is 18.0 Å². The highest BCUT2D eigenvalue weighted by Crippen LogP contribution is 2.42. The molecular formula is C33H44ClF2N5O4S. The predicted octanol–water partition coefficient (Wildman–Crippen LogP) is 6.98. The summed E-state index contributed by atoms with van der Waals surface area (Å²) in [6.07, 6.45) is 1.21. The predicted molar refractivity (Wildman–Crippen MR) is 175 cm³/mol. The van der Waals surface area contributed by atoms with Crippen molar-refractivity contribution in [3.8, 4) is 0 Å². The minimum atomic E-state index is -4.02. The number of carbonyl (C=O) groups is 1. The van der Waals surface area contributed by atoms with Crippen LogP contribution < -0.4 is 5.32 Å². The molecule has 3 heterocycles. The van der Waals surface area contributed by atoms with E-state index in [0.29, 0.717) is 17.9 Å². The number of esters is 1. The van der Waals surface area contributed by atoms with Crippen molar-refractivity contribution in [2.24, 2.45) is 5.41 Å². The van der Waals surface area contributed by atoms with E-state index in [9.17, 15) is 17.6 Å². The number of anilines is 2. The zero-order chi connectivity index (χ0) is 34.4. The van der Waals surface area contributed by atoms with Crippen LogP contribution in [-0.2, 0) is 37.9 Å². The van der Waals surface area contributed by atoms with Gasteiger partial charge in [-0.15, -0.1) is 0 Å². The molecule has 13 heteroatoms. The lowest BCUT2D eigenvalue weighted by molar-refractivity contribution is -0.172. The van der Waals surface area contributed by atoms with E-state index in [1.165, 1.54) is 6.07 Å². The van der Waals surface area contributed by atoms with Gasteiger partial charge >= 0.3 is 5.97 Å². The minimum absolute atomic E-state index is 0.0299. The van der Waals surface area contributed by atoms with Crippen molar-refractivity contribution in [3.63, 3.8) is 0 Å². The Hall–Kier alpha value is -3.09. The number of rotatable bonds is 8. The molecule has 0 radical (unpaired) electrons. The SMILES string of the molecule is Cc1cc(Nc2cc(S(C)(=O)=O)c(F)c(CC3(C(=O)OC(C)(C)C)CCN(Cc4cccc(Cl)c4F)C(C)C3)n2)nn1C(C)(C)C. The first-order valence-corrected chi connectivity index (χ1v) is 17.5. The average Bonchev–Trinajstić information content (AvgIpc) is 3.28. The van der Waals surface area contributed by atoms with Crippen LogP contribution >= 0.6 is 11.6 Å². The average molecular weight is 680 g/mol. The van der Waals surface area contributed by atoms with E-state index < -0.39 is 43.4 Å². The second-order valence-corrected chi connectivity index (χ2v) is 16.8. The molecule has 0 saturated carbocycles. The largest absolute Gasteiger partial charge is 0.460 e. The number of piperidine rings is 1. The minimum Gasteiger partial charge on any atom is -0.460 e. The van der Waals surface area contributed by atoms with Gasteiger partial charge in [-0.05, 0) is 80.8 Å². The third-order valence-electron chi connectivity index (χ3n) is 8.10. The van der Waals surface area contributed by atoms with Crippen molar-refractivity contribution in [3.05, 3.63) is 63.9 Å². The highest BCUT2D eigenvalue weighted by molar-refractivity contribution is 7.90. The molecule has 252 valence electrons. The third kappa shape index (κ3) is 8.06. The Morgan fingerprint density at radius 2 is 1.80 bits per heavy atom. The van der Waals surface area contributed by atoms with Crippen LogP contribution in [0.1, 0.15) is 78.3 Å². The number of hydrogen-bond acceptors (Lipinski definition) is 8. The maximum absolute atomic E-state index is 16.1. The molecule has 3 aromatic rings. The summed E-state index contributed by atoms with van der Waals surface area (Å²) in [6, 6.07) is 7.52. The summed E-state index contributed by atoms with van der Waals surface area (Å²) in [7, 11) is -4.02. The second-order valence-electron chi connectivity index (χ2n) is 14.4. The highest BCUT2D eigenvalue weighted by atomic mass is 35.5. The molecule has 1 aromatic carbocycles. The normalized spacial score (nSPS) is 19.7. The zero-order valence-corrected chi connectivity index (χ0v) is 29.5. The number of ether oxygens (including phenoxy) is 1. The van der Waals surface area contributed by atoms with Crippen molar-refractivity contribution >= 4 is 39.0 Å². The topological polar surface area (TPSA) is 106 Å². The van der Waals surface area contributed by atoms with Crippen molar-refractivity contribution in [1.29, 1.82) is 0 Å². The Balaban J connectivity index is 1.73. The van der Waals surface area contributed by atoms with Gasteiger partial charge in [0.05, 0.1) is 21.7 Å². The molecule has 46 heavy (non-hydrogen) atoms. The highest BCUT2D eigenvalue weighted by Gasteiger charge is 2.48. The Labute approximate surface area is 275 Å². The molecule has 1 aliphatic heterocycles. The van der Waals surface area contributed by atoms with Gasteiger partial charge in [0, 0.05) is 48.7 Å². The number of sulfone groups is 1. The van der Waals surface area contributed by atoms with Gasteiger partial charge in [-0.25, -0.2) is 22.2 Å². The molecule has 1 N–H and O–H groups in total. The Morgan fingerprint density at radius 1 is 1.13 bits per heavy atom. The Bertz CT molecular complexity index is 1730. The molecule has 2 unspecified atom stereocenters. The van der Waals surface area contributed by atoms with Crippen LogP contribution in [0.5, 0.6) is 0 Å². The third-order valence-corrected chi connectivity index (χ3v) is 9.49. The van der Waals surface area contributed by atoms with Gasteiger partial charge in [0.25, 0.3) is 0 Å². The van der Waals surface area contributed by atoms with E-state index in [1.54, 1.807) is 39.0 Å². The molecule has 0 spiro atoms. The molecule has 0 aliphatic carbocycles. The number of likely N-dealkylation sites (tertiary alicyclic amines) is 1. The first-order chi connectivity index (χ1) is 21.1. The number of carbonyl (C=O) groups excluding carboxylic acids is 1. The van der Waals surface area contributed by atoms with E-state index in [1.807, 2.05) is 44.2 Å². The van der Waals surface area contributed by atoms with E-state index in [-0.39, 0.29) is 53.9 Å². The number of hydrogen-bond donors (Lipinski definition) is 1. The smallest absolute Gasteiger partial charge is 0.313 e. The second kappa shape index (κ2) is 12.8. The molecule has 1 fully saturated rings. The van der Waals surface area contributed by atoms with Crippen LogP contribution in [0.25, 0.3) is 0 Å². The Morgan fingerprint density at radius 3 is 2.37 bits per heavy atom. The van der Waals surface area contributed by atoms with Crippen LogP contribution in [-0.4, -0.2) is 58.5 Å². The lowest BCUT2D eigenvalue weighted by atomic mass is 9.72. The number of nitrogens with zero attached hydrogens (tertiary/aromatic N) is 4. The number of aryl methyl sites for hydroxylation is 1. The van der Waals surface area contributed by atoms with E-state index in [2.05, 4.69) is 15.4 Å². The fraction of sp³-hybridized carbons (Fsp3) is 0.545. The summed E-state index contributed by atoms with van der Waals surface area (Å²) in [6.45, 7) is 15.7. The molecule has 0 amide bonds. The maximum Gasteiger partial charge on any atom is 0.313 e. The summed E-state index contributed by atoms with van der Waals surface area (Å²) >= 11 is 6.01. The fourth-order valence-corrected chi connectivity index (χ4v) is 6.94. The van der Waals surface area contributed by atoms with Gasteiger partial charge in [-0.3, -0.25) is 14.4 Å². The number of pyridine rings is 1. The maximum atomic E-state index is 16.1. The molecule has 1 aliphatic rings. The van der Waals surface area contributed by atoms with Crippen molar-refractivity contribution in [1.82, 2.24) is 19.7 Å². The molecule has 0 bridgehead atoms. The summed E-state index contributed by atoms with van der Waals surface area (Å²) in [5.74, 6) is -1.54. The van der Waals surface area contributed by atoms with Gasteiger partial charge in [-0.1, -0.05) is 23.7 Å². The van der Waals surface area contributed by atoms with Crippen LogP contribution in [0, 0.1) is 24.0 Å². The Kier molecular flexibility index (Phi) is 9.98. The van der Waals surface area contributed by atoms with Gasteiger partial charge in [-0.2, -0.15) is 5.10 Å². The number of halogens is 3. The first kappa shape index (κ1) is 35.8. The van der Waals surface area contributed by atoms with E-state index in [4.69, 9.17) is 16.3 Å². The quantitative estimate of drug-likeness (QED) is 0.254. The first-order valence-electron chi connectivity index (χ1n) is 15.2. The summed E-state index contributed by atoms with van der Waals surface area (Å²) in [5, 5.41) is 7.66. The molecule has 1 saturated heterocycles. The standard InChI is InChI=1S/C33H44ClF2N5O4S/c1-20-15-27(39-41(20)31(3,4)5)38-26-16-25(46(9,43)44)29(36)24(37-26)18-33(30(42)45-32(6,7)8)13-14-40(21(2)17-33)19-22-11-10-12-23(34)28(22)35/h10-12,15-16,21H,13-14,17-19H2,1-9H3,(H,37,38,39). The number of nitrogens with one attached hydrogen (secondary N) is 1. The van der Waals surface area contributed by atoms with Gasteiger partial charge in [0.1, 0.15) is 22.1 Å². The molecule has 2 atom stereocenters. The number of benzene rings is 1. The lowest BCUT2D eigenvalue weighted by Crippen LogP contribution is -2.51. The fourth-order valence-electron chi connectivity index (χ4n) is 5.98. The van der Waals surface area contributed by atoms with Crippen LogP contribution in [0.4, 0.5) is 20.4 Å². The monoisotopic (exact) mass is 679 g/mol. The van der Waals surface area contributed by atoms with Crippen LogP contribution in [0.2, 0.25) is 5.02 Å². The summed E-state index contributed by atoms with van der Waals surface area (Å²) in [4.78, 5) is 19.9. The van der Waals surface area contributed by atoms with E-state index >= 15 is 4.39 Å². The van der Waals surface area contributed by atoms with Crippen molar-refractivity contribution < 1.29 is 26.7 Å². The molecular weight excluding hydrogens is 636 g/mol. The summed E-state index contributed by atoms with van der Waals surface area (Å²) < 4.78 is 64.0. The molecule has 2 aromatic heterocycles. The van der Waals surface area contributed by atoms with Crippen LogP contribution in [0.15, 0.2) is 35.2 Å². The van der Waals surface area contributed by atoms with Gasteiger partial charge < -0.3 is 10.1 Å². The molecule has 4 rings (SSSR count). The zero-order valence-electron chi connectivity index (χ0n) is 28.0. The summed E-state index contributed by atoms with van der Waals surface area (Å²) in [5.41, 5.74) is -1.26. The van der Waals surface area contributed by atoms with Crippen LogP contribution in [0.3, 0.4) is 0 Å². The van der Waals surface area contributed by atoms with Crippen molar-refractivity contribution in [2.45, 2.75) is 103 Å². The van der Waals surface area contributed by atoms with Gasteiger partial charge in [0.15, 0.2) is 21.5 Å². The lowest BCUT2D eigenvalue weighted by Gasteiger charge is -2.45. The van der Waals surface area contributed by atoms with Gasteiger partial charge in [0.2, 0.25) is 0 Å².